The van der Waals surface area contributed by atoms with Crippen LogP contribution in [0.25, 0.3) is 0 Å². The molecular weight excluding hydrogens is 392 g/mol. The lowest BCUT2D eigenvalue weighted by Gasteiger charge is -2.34. The van der Waals surface area contributed by atoms with E-state index < -0.39 is 0 Å². The highest BCUT2D eigenvalue weighted by molar-refractivity contribution is 5.94. The molecule has 0 spiro atoms. The van der Waals surface area contributed by atoms with Gasteiger partial charge >= 0.3 is 6.03 Å². The first kappa shape index (κ1) is 23.1. The van der Waals surface area contributed by atoms with Gasteiger partial charge in [0.05, 0.1) is 5.57 Å². The van der Waals surface area contributed by atoms with Crippen LogP contribution in [0.1, 0.15) is 45.2 Å². The number of aromatic nitrogens is 1. The molecule has 1 aromatic rings. The van der Waals surface area contributed by atoms with Crippen LogP contribution in [0.15, 0.2) is 30.2 Å². The normalized spacial score (nSPS) is 16.7. The van der Waals surface area contributed by atoms with Crippen LogP contribution in [0.2, 0.25) is 0 Å². The second-order valence-electron chi connectivity index (χ2n) is 9.31. The van der Waals surface area contributed by atoms with Crippen molar-refractivity contribution in [1.82, 2.24) is 30.5 Å². The van der Waals surface area contributed by atoms with E-state index >= 15 is 0 Å². The van der Waals surface area contributed by atoms with E-state index in [1.54, 1.807) is 6.20 Å². The van der Waals surface area contributed by atoms with Gasteiger partial charge in [0.25, 0.3) is 5.91 Å². The Labute approximate surface area is 185 Å². The van der Waals surface area contributed by atoms with Gasteiger partial charge in [-0.25, -0.2) is 10.2 Å². The van der Waals surface area contributed by atoms with Crippen LogP contribution in [0.3, 0.4) is 0 Å². The Hall–Kier alpha value is -2.61. The molecule has 8 heteroatoms. The van der Waals surface area contributed by atoms with E-state index in [1.807, 2.05) is 47.2 Å². The van der Waals surface area contributed by atoms with E-state index in [0.29, 0.717) is 39.3 Å². The number of amides is 3. The fourth-order valence-electron chi connectivity index (χ4n) is 3.93. The van der Waals surface area contributed by atoms with Crippen molar-refractivity contribution in [3.63, 3.8) is 0 Å². The first-order valence-corrected chi connectivity index (χ1v) is 11.1. The summed E-state index contributed by atoms with van der Waals surface area (Å²) in [6, 6.07) is 1.94. The van der Waals surface area contributed by atoms with Crippen LogP contribution in [0.5, 0.6) is 0 Å². The quantitative estimate of drug-likeness (QED) is 0.664. The number of carbonyl (C=O) groups excluding carboxylic acids is 2. The number of likely N-dealkylation sites (N-methyl/N-ethyl adjacent to an activating group) is 1. The van der Waals surface area contributed by atoms with Crippen molar-refractivity contribution in [2.75, 3.05) is 33.2 Å². The first-order valence-electron chi connectivity index (χ1n) is 11.1. The molecule has 0 aromatic carbocycles. The molecule has 1 unspecified atom stereocenters. The molecule has 3 heterocycles. The third-order valence-electron chi connectivity index (χ3n) is 6.75. The molecule has 31 heavy (non-hydrogen) atoms. The van der Waals surface area contributed by atoms with Crippen molar-refractivity contribution in [1.29, 1.82) is 0 Å². The lowest BCUT2D eigenvalue weighted by molar-refractivity contribution is -0.127. The molecular formula is C23H36N6O2. The molecule has 0 saturated carbocycles. The predicted octanol–water partition coefficient (Wildman–Crippen LogP) is 2.34. The minimum atomic E-state index is -0.0333. The largest absolute Gasteiger partial charge is 0.339 e. The maximum absolute atomic E-state index is 12.8. The molecule has 3 amide bonds. The second-order valence-corrected chi connectivity index (χ2v) is 9.31. The number of nitrogens with zero attached hydrogens (tertiary/aromatic N) is 4. The maximum atomic E-state index is 12.8. The number of hydrazine groups is 1. The molecule has 0 fully saturated rings. The van der Waals surface area contributed by atoms with Crippen molar-refractivity contribution in [3.8, 4) is 0 Å². The van der Waals surface area contributed by atoms with Gasteiger partial charge < -0.3 is 20.1 Å². The van der Waals surface area contributed by atoms with E-state index in [9.17, 15) is 9.59 Å². The van der Waals surface area contributed by atoms with E-state index in [1.165, 1.54) is 5.56 Å². The predicted molar refractivity (Wildman–Crippen MR) is 121 cm³/mol. The number of pyridine rings is 1. The zero-order valence-corrected chi connectivity index (χ0v) is 19.4. The minimum absolute atomic E-state index is 0.0159. The monoisotopic (exact) mass is 428 g/mol. The smallest absolute Gasteiger partial charge is 0.318 e. The summed E-state index contributed by atoms with van der Waals surface area (Å²) in [4.78, 5) is 33.3. The Morgan fingerprint density at radius 2 is 2.06 bits per heavy atom. The maximum Gasteiger partial charge on any atom is 0.318 e. The molecule has 2 N–H and O–H groups in total. The zero-order valence-electron chi connectivity index (χ0n) is 19.4. The standard InChI is InChI=1S/C23H36N6O2/c1-6-28(21(30)20-13-26-27(5)14-20)10-8-23(3,4)17(2)11-25-22(31)29-15-18-7-9-24-12-19(18)16-29/h7,9,12,14,17,26H,6,8,10-11,13,15-16H2,1-5H3,(H,25,31). The third kappa shape index (κ3) is 5.55. The average Bonchev–Trinajstić information content (AvgIpc) is 3.38. The summed E-state index contributed by atoms with van der Waals surface area (Å²) in [7, 11) is 1.90. The summed E-state index contributed by atoms with van der Waals surface area (Å²) < 4.78 is 0. The Morgan fingerprint density at radius 1 is 1.32 bits per heavy atom. The van der Waals surface area contributed by atoms with E-state index in [0.717, 1.165) is 17.6 Å². The molecule has 170 valence electrons. The number of urea groups is 1. The van der Waals surface area contributed by atoms with Crippen LogP contribution in [0, 0.1) is 11.3 Å². The molecule has 0 bridgehead atoms. The van der Waals surface area contributed by atoms with Crippen LogP contribution < -0.4 is 10.7 Å². The summed E-state index contributed by atoms with van der Waals surface area (Å²) in [5.74, 6) is 0.370. The van der Waals surface area contributed by atoms with Crippen molar-refractivity contribution >= 4 is 11.9 Å². The van der Waals surface area contributed by atoms with Crippen LogP contribution in [0.4, 0.5) is 4.79 Å². The van der Waals surface area contributed by atoms with Crippen molar-refractivity contribution in [2.45, 2.75) is 47.2 Å². The molecule has 0 saturated heterocycles. The summed E-state index contributed by atoms with van der Waals surface area (Å²) in [6.45, 7) is 12.4. The van der Waals surface area contributed by atoms with Gasteiger partial charge in [-0.15, -0.1) is 0 Å². The Bertz CT molecular complexity index is 812. The van der Waals surface area contributed by atoms with Crippen LogP contribution >= 0.6 is 0 Å². The van der Waals surface area contributed by atoms with Crippen molar-refractivity contribution in [2.24, 2.45) is 11.3 Å². The molecule has 2 aliphatic rings. The molecule has 0 radical (unpaired) electrons. The summed E-state index contributed by atoms with van der Waals surface area (Å²) >= 11 is 0. The molecule has 1 aromatic heterocycles. The Morgan fingerprint density at radius 3 is 2.71 bits per heavy atom. The van der Waals surface area contributed by atoms with E-state index in [-0.39, 0.29) is 23.3 Å². The third-order valence-corrected chi connectivity index (χ3v) is 6.75. The van der Waals surface area contributed by atoms with E-state index in [4.69, 9.17) is 0 Å². The van der Waals surface area contributed by atoms with Gasteiger partial charge in [0, 0.05) is 64.9 Å². The van der Waals surface area contributed by atoms with Gasteiger partial charge in [0.15, 0.2) is 0 Å². The first-order chi connectivity index (χ1) is 14.7. The number of nitrogens with one attached hydrogen (secondary N) is 2. The number of fused-ring (bicyclic) bond motifs is 1. The molecule has 8 nitrogen and oxygen atoms in total. The van der Waals surface area contributed by atoms with Gasteiger partial charge in [0.1, 0.15) is 0 Å². The SMILES string of the molecule is CCN(CCC(C)(C)C(C)CNC(=O)N1Cc2ccncc2C1)C(=O)C1=CN(C)NC1. The van der Waals surface area contributed by atoms with Crippen LogP contribution in [-0.2, 0) is 17.9 Å². The summed E-state index contributed by atoms with van der Waals surface area (Å²) in [5, 5.41) is 4.93. The molecule has 3 rings (SSSR count). The number of hydrogen-bond acceptors (Lipinski definition) is 5. The fraction of sp³-hybridized carbons (Fsp3) is 0.609. The van der Waals surface area contributed by atoms with Crippen molar-refractivity contribution in [3.05, 3.63) is 41.4 Å². The Balaban J connectivity index is 1.47. The molecule has 1 atom stereocenters. The highest BCUT2D eigenvalue weighted by Gasteiger charge is 2.30. The average molecular weight is 429 g/mol. The summed E-state index contributed by atoms with van der Waals surface area (Å²) in [5.41, 5.74) is 6.19. The fourth-order valence-corrected chi connectivity index (χ4v) is 3.93. The second kappa shape index (κ2) is 9.68. The minimum Gasteiger partial charge on any atom is -0.339 e. The van der Waals surface area contributed by atoms with Gasteiger partial charge in [-0.3, -0.25) is 9.78 Å². The van der Waals surface area contributed by atoms with Crippen molar-refractivity contribution < 1.29 is 9.59 Å². The van der Waals surface area contributed by atoms with Crippen LogP contribution in [-0.4, -0.2) is 65.0 Å². The zero-order chi connectivity index (χ0) is 22.6. The van der Waals surface area contributed by atoms with Gasteiger partial charge in [-0.05, 0) is 41.9 Å². The molecule has 0 aliphatic carbocycles. The van der Waals surface area contributed by atoms with E-state index in [2.05, 4.69) is 36.5 Å². The summed E-state index contributed by atoms with van der Waals surface area (Å²) in [6.07, 6.45) is 6.35. The van der Waals surface area contributed by atoms with Gasteiger partial charge in [-0.2, -0.15) is 0 Å². The topological polar surface area (TPSA) is 80.8 Å². The lowest BCUT2D eigenvalue weighted by atomic mass is 9.77. The Kier molecular flexibility index (Phi) is 7.20. The lowest BCUT2D eigenvalue weighted by Crippen LogP contribution is -2.42. The highest BCUT2D eigenvalue weighted by Crippen LogP contribution is 2.31. The number of hydrogen-bond donors (Lipinski definition) is 2. The highest BCUT2D eigenvalue weighted by atomic mass is 16.2. The van der Waals surface area contributed by atoms with Gasteiger partial charge in [-0.1, -0.05) is 20.8 Å². The van der Waals surface area contributed by atoms with Gasteiger partial charge in [0.2, 0.25) is 0 Å². The number of carbonyl (C=O) groups is 2. The number of rotatable bonds is 8. The molecule has 2 aliphatic heterocycles.